The molecule has 1 unspecified atom stereocenters. The van der Waals surface area contributed by atoms with Crippen LogP contribution in [0.15, 0.2) is 18.2 Å². The fraction of sp³-hybridized carbons (Fsp3) is 0.500. The third kappa shape index (κ3) is 3.44. The highest BCUT2D eigenvalue weighted by Gasteiger charge is 2.17. The van der Waals surface area contributed by atoms with Gasteiger partial charge in [-0.05, 0) is 30.9 Å². The van der Waals surface area contributed by atoms with Gasteiger partial charge in [-0.1, -0.05) is 6.07 Å². The second-order valence-corrected chi connectivity index (χ2v) is 4.71. The van der Waals surface area contributed by atoms with Crippen molar-refractivity contribution in [1.29, 1.82) is 0 Å². The molecule has 0 bridgehead atoms. The molecule has 1 aliphatic heterocycles. The Morgan fingerprint density at radius 1 is 1.53 bits per heavy atom. The number of carbonyl (C=O) groups is 1. The van der Waals surface area contributed by atoms with E-state index in [4.69, 9.17) is 4.74 Å². The maximum atomic E-state index is 13.5. The first-order valence-corrected chi connectivity index (χ1v) is 6.54. The van der Waals surface area contributed by atoms with Crippen LogP contribution in [0.25, 0.3) is 0 Å². The molecule has 1 aromatic carbocycles. The van der Waals surface area contributed by atoms with E-state index in [0.717, 1.165) is 19.4 Å². The number of halogens is 1. The van der Waals surface area contributed by atoms with E-state index >= 15 is 0 Å². The van der Waals surface area contributed by atoms with Gasteiger partial charge < -0.3 is 15.4 Å². The minimum Gasteiger partial charge on any atom is -0.385 e. The smallest absolute Gasteiger partial charge is 0.253 e. The molecule has 1 atom stereocenters. The predicted molar refractivity (Wildman–Crippen MR) is 71.8 cm³/mol. The summed E-state index contributed by atoms with van der Waals surface area (Å²) in [6.45, 7) is 2.05. The lowest BCUT2D eigenvalue weighted by Crippen LogP contribution is -2.33. The summed E-state index contributed by atoms with van der Waals surface area (Å²) in [7, 11) is 1.60. The molecule has 0 aromatic heterocycles. The van der Waals surface area contributed by atoms with Gasteiger partial charge >= 0.3 is 0 Å². The lowest BCUT2D eigenvalue weighted by molar-refractivity contribution is 0.0536. The molecule has 1 aromatic rings. The first kappa shape index (κ1) is 13.8. The van der Waals surface area contributed by atoms with Gasteiger partial charge in [0.15, 0.2) is 0 Å². The Bertz CT molecular complexity index is 445. The summed E-state index contributed by atoms with van der Waals surface area (Å²) in [4.78, 5) is 12.1. The Morgan fingerprint density at radius 2 is 2.37 bits per heavy atom. The molecule has 1 saturated heterocycles. The van der Waals surface area contributed by atoms with Crippen molar-refractivity contribution in [2.75, 3.05) is 32.1 Å². The molecule has 1 fully saturated rings. The first-order chi connectivity index (χ1) is 9.22. The van der Waals surface area contributed by atoms with Crippen LogP contribution in [0.3, 0.4) is 0 Å². The number of hydrogen-bond donors (Lipinski definition) is 2. The van der Waals surface area contributed by atoms with Gasteiger partial charge in [0, 0.05) is 20.2 Å². The highest BCUT2D eigenvalue weighted by Crippen LogP contribution is 2.19. The summed E-state index contributed by atoms with van der Waals surface area (Å²) in [6, 6.07) is 4.48. The molecule has 104 valence electrons. The van der Waals surface area contributed by atoms with Crippen LogP contribution in [0.2, 0.25) is 0 Å². The second-order valence-electron chi connectivity index (χ2n) is 4.71. The Labute approximate surface area is 112 Å². The molecular formula is C14H19FN2O2. The topological polar surface area (TPSA) is 50.4 Å². The van der Waals surface area contributed by atoms with Crippen LogP contribution in [0, 0.1) is 11.7 Å². The number of para-hydroxylation sites is 1. The molecule has 2 rings (SSSR count). The summed E-state index contributed by atoms with van der Waals surface area (Å²) in [5.74, 6) is -0.324. The first-order valence-electron chi connectivity index (χ1n) is 6.54. The summed E-state index contributed by atoms with van der Waals surface area (Å²) in [5, 5.41) is 5.57. The number of ether oxygens (including phenoxy) is 1. The van der Waals surface area contributed by atoms with E-state index in [0.29, 0.717) is 24.6 Å². The van der Waals surface area contributed by atoms with E-state index in [1.165, 1.54) is 12.1 Å². The van der Waals surface area contributed by atoms with Crippen molar-refractivity contribution in [3.05, 3.63) is 29.6 Å². The van der Waals surface area contributed by atoms with Crippen molar-refractivity contribution >= 4 is 11.6 Å². The van der Waals surface area contributed by atoms with Crippen LogP contribution in [0.4, 0.5) is 10.1 Å². The van der Waals surface area contributed by atoms with Gasteiger partial charge in [-0.25, -0.2) is 4.39 Å². The quantitative estimate of drug-likeness (QED) is 0.876. The molecule has 1 amide bonds. The largest absolute Gasteiger partial charge is 0.385 e. The van der Waals surface area contributed by atoms with Crippen LogP contribution in [0.5, 0.6) is 0 Å². The standard InChI is InChI=1S/C14H19FN2O2/c1-16-13-11(5-2-6-12(13)15)14(18)17-8-10-4-3-7-19-9-10/h2,5-6,10,16H,3-4,7-9H2,1H3,(H,17,18). The maximum absolute atomic E-state index is 13.5. The molecule has 0 aliphatic carbocycles. The van der Waals surface area contributed by atoms with Crippen LogP contribution in [-0.2, 0) is 4.74 Å². The molecule has 1 aliphatic rings. The number of rotatable bonds is 4. The van der Waals surface area contributed by atoms with Crippen molar-refractivity contribution in [2.24, 2.45) is 5.92 Å². The number of hydrogen-bond acceptors (Lipinski definition) is 3. The lowest BCUT2D eigenvalue weighted by Gasteiger charge is -2.22. The SMILES string of the molecule is CNc1c(F)cccc1C(=O)NCC1CCCOC1. The van der Waals surface area contributed by atoms with Gasteiger partial charge in [0.25, 0.3) is 5.91 Å². The number of carbonyl (C=O) groups excluding carboxylic acids is 1. The van der Waals surface area contributed by atoms with Gasteiger partial charge in [-0.3, -0.25) is 4.79 Å². The zero-order valence-electron chi connectivity index (χ0n) is 11.0. The molecular weight excluding hydrogens is 247 g/mol. The van der Waals surface area contributed by atoms with Crippen molar-refractivity contribution in [3.8, 4) is 0 Å². The summed E-state index contributed by atoms with van der Waals surface area (Å²) in [5.41, 5.74) is 0.569. The van der Waals surface area contributed by atoms with Gasteiger partial charge in [0.2, 0.25) is 0 Å². The Balaban J connectivity index is 1.97. The normalized spacial score (nSPS) is 18.9. The highest BCUT2D eigenvalue weighted by atomic mass is 19.1. The Morgan fingerprint density at radius 3 is 3.05 bits per heavy atom. The van der Waals surface area contributed by atoms with Gasteiger partial charge in [-0.2, -0.15) is 0 Å². The van der Waals surface area contributed by atoms with E-state index in [9.17, 15) is 9.18 Å². The average molecular weight is 266 g/mol. The third-order valence-corrected chi connectivity index (χ3v) is 3.31. The van der Waals surface area contributed by atoms with Crippen LogP contribution >= 0.6 is 0 Å². The summed E-state index contributed by atoms with van der Waals surface area (Å²) >= 11 is 0. The fourth-order valence-corrected chi connectivity index (χ4v) is 2.27. The van der Waals surface area contributed by atoms with E-state index in [1.54, 1.807) is 13.1 Å². The molecule has 2 N–H and O–H groups in total. The minimum absolute atomic E-state index is 0.236. The number of amides is 1. The fourth-order valence-electron chi connectivity index (χ4n) is 2.27. The average Bonchev–Trinajstić information content (AvgIpc) is 2.45. The highest BCUT2D eigenvalue weighted by molar-refractivity contribution is 5.99. The summed E-state index contributed by atoms with van der Waals surface area (Å²) in [6.07, 6.45) is 2.09. The van der Waals surface area contributed by atoms with E-state index in [2.05, 4.69) is 10.6 Å². The van der Waals surface area contributed by atoms with Crippen LogP contribution < -0.4 is 10.6 Å². The minimum atomic E-state index is -0.420. The monoisotopic (exact) mass is 266 g/mol. The maximum Gasteiger partial charge on any atom is 0.253 e. The number of benzene rings is 1. The summed E-state index contributed by atoms with van der Waals surface area (Å²) < 4.78 is 18.9. The zero-order chi connectivity index (χ0) is 13.7. The molecule has 19 heavy (non-hydrogen) atoms. The van der Waals surface area contributed by atoms with Gasteiger partial charge in [-0.15, -0.1) is 0 Å². The van der Waals surface area contributed by atoms with E-state index < -0.39 is 5.82 Å². The molecule has 4 nitrogen and oxygen atoms in total. The number of anilines is 1. The van der Waals surface area contributed by atoms with Crippen molar-refractivity contribution < 1.29 is 13.9 Å². The third-order valence-electron chi connectivity index (χ3n) is 3.31. The van der Waals surface area contributed by atoms with Crippen molar-refractivity contribution in [1.82, 2.24) is 5.32 Å². The molecule has 0 radical (unpaired) electrons. The molecule has 0 spiro atoms. The Kier molecular flexibility index (Phi) is 4.74. The van der Waals surface area contributed by atoms with Crippen molar-refractivity contribution in [2.45, 2.75) is 12.8 Å². The second kappa shape index (κ2) is 6.52. The van der Waals surface area contributed by atoms with Crippen LogP contribution in [0.1, 0.15) is 23.2 Å². The van der Waals surface area contributed by atoms with Crippen molar-refractivity contribution in [3.63, 3.8) is 0 Å². The van der Waals surface area contributed by atoms with Gasteiger partial charge in [0.05, 0.1) is 17.9 Å². The predicted octanol–water partition coefficient (Wildman–Crippen LogP) is 2.02. The Hall–Kier alpha value is -1.62. The number of nitrogens with one attached hydrogen (secondary N) is 2. The van der Waals surface area contributed by atoms with E-state index in [-0.39, 0.29) is 11.6 Å². The van der Waals surface area contributed by atoms with Gasteiger partial charge in [0.1, 0.15) is 5.82 Å². The lowest BCUT2D eigenvalue weighted by atomic mass is 10.0. The molecule has 0 saturated carbocycles. The van der Waals surface area contributed by atoms with Crippen LogP contribution in [-0.4, -0.2) is 32.7 Å². The van der Waals surface area contributed by atoms with E-state index in [1.807, 2.05) is 0 Å². The zero-order valence-corrected chi connectivity index (χ0v) is 11.0. The molecule has 5 heteroatoms. The molecule has 1 heterocycles.